The predicted molar refractivity (Wildman–Crippen MR) is 120 cm³/mol. The van der Waals surface area contributed by atoms with E-state index in [0.717, 1.165) is 11.1 Å². The van der Waals surface area contributed by atoms with E-state index in [9.17, 15) is 14.4 Å². The molecule has 1 aromatic heterocycles. The van der Waals surface area contributed by atoms with Crippen molar-refractivity contribution in [2.24, 2.45) is 0 Å². The predicted octanol–water partition coefficient (Wildman–Crippen LogP) is 3.43. The van der Waals surface area contributed by atoms with Crippen LogP contribution in [-0.2, 0) is 9.53 Å². The number of nitrogens with zero attached hydrogens (tertiary/aromatic N) is 2. The Hall–Kier alpha value is -3.94. The van der Waals surface area contributed by atoms with Gasteiger partial charge in [0, 0.05) is 17.8 Å². The van der Waals surface area contributed by atoms with Crippen LogP contribution in [0.5, 0.6) is 5.88 Å². The largest absolute Gasteiger partial charge is 0.463 e. The van der Waals surface area contributed by atoms with Crippen molar-refractivity contribution < 1.29 is 19.1 Å². The first kappa shape index (κ1) is 22.7. The molecule has 0 bridgehead atoms. The molecular formula is C24H25N3O5. The van der Waals surface area contributed by atoms with Crippen LogP contribution in [0.15, 0.2) is 59.4 Å². The molecule has 8 heteroatoms. The normalized spacial score (nSPS) is 11.5. The fourth-order valence-corrected chi connectivity index (χ4v) is 2.88. The molecule has 1 amide bonds. The first-order valence-electron chi connectivity index (χ1n) is 10.2. The number of aryl methyl sites for hydroxylation is 2. The smallest absolute Gasteiger partial charge is 0.338 e. The maximum absolute atomic E-state index is 12.5. The number of hydrogen-bond donors (Lipinski definition) is 1. The summed E-state index contributed by atoms with van der Waals surface area (Å²) in [5.41, 5.74) is 3.35. The van der Waals surface area contributed by atoms with Gasteiger partial charge in [0.15, 0.2) is 6.10 Å². The average molecular weight is 435 g/mol. The molecule has 3 aromatic rings. The molecule has 0 unspecified atom stereocenters. The first-order valence-corrected chi connectivity index (χ1v) is 10.2. The van der Waals surface area contributed by atoms with Gasteiger partial charge in [-0.3, -0.25) is 9.59 Å². The van der Waals surface area contributed by atoms with Gasteiger partial charge in [-0.2, -0.15) is 4.68 Å². The van der Waals surface area contributed by atoms with Crippen molar-refractivity contribution in [3.05, 3.63) is 81.6 Å². The standard InChI is InChI=1S/C24H25N3O5/c1-5-31-24(30)18-7-9-19(10-8-18)25-23(29)17(4)32-21-12-13-22(28)27(26-21)20-11-6-15(2)16(3)14-20/h6-14,17H,5H2,1-4H3,(H,25,29)/t17-/m1/s1. The van der Waals surface area contributed by atoms with E-state index in [4.69, 9.17) is 9.47 Å². The van der Waals surface area contributed by atoms with Crippen LogP contribution in [0.25, 0.3) is 5.69 Å². The molecule has 1 atom stereocenters. The Morgan fingerprint density at radius 2 is 1.75 bits per heavy atom. The number of aromatic nitrogens is 2. The summed E-state index contributed by atoms with van der Waals surface area (Å²) in [4.78, 5) is 36.5. The summed E-state index contributed by atoms with van der Waals surface area (Å²) < 4.78 is 11.8. The molecule has 0 fully saturated rings. The number of rotatable bonds is 7. The van der Waals surface area contributed by atoms with Gasteiger partial charge in [0.1, 0.15) is 0 Å². The summed E-state index contributed by atoms with van der Waals surface area (Å²) in [6.07, 6.45) is -0.877. The minimum Gasteiger partial charge on any atom is -0.463 e. The Morgan fingerprint density at radius 1 is 1.03 bits per heavy atom. The quantitative estimate of drug-likeness (QED) is 0.571. The molecule has 8 nitrogen and oxygen atoms in total. The number of anilines is 1. The molecule has 166 valence electrons. The van der Waals surface area contributed by atoms with Crippen molar-refractivity contribution >= 4 is 17.6 Å². The Labute approximate surface area is 185 Å². The summed E-state index contributed by atoms with van der Waals surface area (Å²) in [6.45, 7) is 7.54. The van der Waals surface area contributed by atoms with Crippen molar-refractivity contribution in [3.63, 3.8) is 0 Å². The average Bonchev–Trinajstić information content (AvgIpc) is 2.77. The first-order chi connectivity index (χ1) is 15.3. The Morgan fingerprint density at radius 3 is 2.41 bits per heavy atom. The van der Waals surface area contributed by atoms with Gasteiger partial charge in [-0.1, -0.05) is 6.07 Å². The maximum Gasteiger partial charge on any atom is 0.338 e. The lowest BCUT2D eigenvalue weighted by Gasteiger charge is -2.15. The number of hydrogen-bond acceptors (Lipinski definition) is 6. The number of nitrogens with one attached hydrogen (secondary N) is 1. The van der Waals surface area contributed by atoms with Crippen molar-refractivity contribution in [2.75, 3.05) is 11.9 Å². The van der Waals surface area contributed by atoms with Crippen molar-refractivity contribution in [1.82, 2.24) is 9.78 Å². The third-order valence-electron chi connectivity index (χ3n) is 4.84. The van der Waals surface area contributed by atoms with Crippen molar-refractivity contribution in [2.45, 2.75) is 33.8 Å². The van der Waals surface area contributed by atoms with E-state index in [1.165, 1.54) is 16.8 Å². The Bertz CT molecular complexity index is 1180. The van der Waals surface area contributed by atoms with E-state index < -0.39 is 18.0 Å². The summed E-state index contributed by atoms with van der Waals surface area (Å²) in [6, 6.07) is 14.7. The van der Waals surface area contributed by atoms with Gasteiger partial charge in [0.25, 0.3) is 11.5 Å². The van der Waals surface area contributed by atoms with Crippen LogP contribution in [-0.4, -0.2) is 34.4 Å². The van der Waals surface area contributed by atoms with E-state index >= 15 is 0 Å². The zero-order valence-electron chi connectivity index (χ0n) is 18.4. The number of carbonyl (C=O) groups excluding carboxylic acids is 2. The number of ether oxygens (including phenoxy) is 2. The van der Waals surface area contributed by atoms with Crippen molar-refractivity contribution in [1.29, 1.82) is 0 Å². The topological polar surface area (TPSA) is 99.5 Å². The van der Waals surface area contributed by atoms with Crippen LogP contribution in [0.3, 0.4) is 0 Å². The van der Waals surface area contributed by atoms with Crippen molar-refractivity contribution in [3.8, 4) is 11.6 Å². The third-order valence-corrected chi connectivity index (χ3v) is 4.84. The molecule has 1 N–H and O–H groups in total. The summed E-state index contributed by atoms with van der Waals surface area (Å²) in [7, 11) is 0. The van der Waals surface area contributed by atoms with Crippen LogP contribution in [0.1, 0.15) is 35.3 Å². The molecule has 0 aliphatic rings. The molecule has 0 saturated heterocycles. The molecule has 3 rings (SSSR count). The van der Waals surface area contributed by atoms with Crippen LogP contribution in [0.4, 0.5) is 5.69 Å². The maximum atomic E-state index is 12.5. The van der Waals surface area contributed by atoms with Crippen LogP contribution >= 0.6 is 0 Å². The Kier molecular flexibility index (Phi) is 7.04. The molecule has 2 aromatic carbocycles. The second-order valence-electron chi connectivity index (χ2n) is 7.24. The van der Waals surface area contributed by atoms with E-state index in [1.54, 1.807) is 44.2 Å². The number of amides is 1. The number of esters is 1. The highest BCUT2D eigenvalue weighted by molar-refractivity contribution is 5.95. The van der Waals surface area contributed by atoms with E-state index in [2.05, 4.69) is 10.4 Å². The third kappa shape index (κ3) is 5.40. The van der Waals surface area contributed by atoms with Gasteiger partial charge in [-0.25, -0.2) is 4.79 Å². The second kappa shape index (κ2) is 9.91. The summed E-state index contributed by atoms with van der Waals surface area (Å²) in [5, 5.41) is 6.96. The Balaban J connectivity index is 1.69. The number of carbonyl (C=O) groups is 2. The highest BCUT2D eigenvalue weighted by atomic mass is 16.5. The van der Waals surface area contributed by atoms with E-state index in [0.29, 0.717) is 16.9 Å². The van der Waals surface area contributed by atoms with E-state index in [-0.39, 0.29) is 18.0 Å². The molecule has 0 spiro atoms. The van der Waals surface area contributed by atoms with Crippen LogP contribution < -0.4 is 15.6 Å². The summed E-state index contributed by atoms with van der Waals surface area (Å²) >= 11 is 0. The minimum absolute atomic E-state index is 0.142. The molecule has 1 heterocycles. The molecule has 0 saturated carbocycles. The highest BCUT2D eigenvalue weighted by Gasteiger charge is 2.17. The van der Waals surface area contributed by atoms with E-state index in [1.807, 2.05) is 26.0 Å². The lowest BCUT2D eigenvalue weighted by atomic mass is 10.1. The zero-order chi connectivity index (χ0) is 23.3. The van der Waals surface area contributed by atoms with Gasteiger partial charge in [0.05, 0.1) is 17.9 Å². The minimum atomic E-state index is -0.877. The van der Waals surface area contributed by atoms with Gasteiger partial charge in [-0.15, -0.1) is 5.10 Å². The monoisotopic (exact) mass is 435 g/mol. The van der Waals surface area contributed by atoms with Crippen LogP contribution in [0, 0.1) is 13.8 Å². The molecule has 32 heavy (non-hydrogen) atoms. The lowest BCUT2D eigenvalue weighted by Crippen LogP contribution is -2.31. The highest BCUT2D eigenvalue weighted by Crippen LogP contribution is 2.15. The second-order valence-corrected chi connectivity index (χ2v) is 7.24. The fraction of sp³-hybridized carbons (Fsp3) is 0.250. The summed E-state index contributed by atoms with van der Waals surface area (Å²) in [5.74, 6) is -0.685. The SMILES string of the molecule is CCOC(=O)c1ccc(NC(=O)[C@@H](C)Oc2ccc(=O)n(-c3ccc(C)c(C)c3)n2)cc1. The fourth-order valence-electron chi connectivity index (χ4n) is 2.88. The van der Waals surface area contributed by atoms with Gasteiger partial charge >= 0.3 is 5.97 Å². The molecular weight excluding hydrogens is 410 g/mol. The molecule has 0 aliphatic heterocycles. The van der Waals surface area contributed by atoms with Gasteiger partial charge in [0.2, 0.25) is 5.88 Å². The van der Waals surface area contributed by atoms with Gasteiger partial charge in [-0.05, 0) is 75.2 Å². The zero-order valence-corrected chi connectivity index (χ0v) is 18.4. The number of benzene rings is 2. The van der Waals surface area contributed by atoms with Crippen LogP contribution in [0.2, 0.25) is 0 Å². The molecule has 0 aliphatic carbocycles. The lowest BCUT2D eigenvalue weighted by molar-refractivity contribution is -0.122. The molecule has 0 radical (unpaired) electrons. The van der Waals surface area contributed by atoms with Gasteiger partial charge < -0.3 is 14.8 Å².